The van der Waals surface area contributed by atoms with Gasteiger partial charge in [-0.2, -0.15) is 0 Å². The van der Waals surface area contributed by atoms with E-state index < -0.39 is 23.0 Å². The number of hydrogen-bond acceptors (Lipinski definition) is 8. The zero-order chi connectivity index (χ0) is 53.7. The van der Waals surface area contributed by atoms with Gasteiger partial charge in [-0.3, -0.25) is 19.2 Å². The molecule has 11 rings (SSSR count). The van der Waals surface area contributed by atoms with Gasteiger partial charge in [0.2, 0.25) is 0 Å². The Labute approximate surface area is 463 Å². The molecule has 5 heterocycles. The number of aryl methyl sites for hydroxylation is 2. The highest BCUT2D eigenvalue weighted by molar-refractivity contribution is 6.46. The van der Waals surface area contributed by atoms with Gasteiger partial charge in [0.1, 0.15) is 29.1 Å². The molecule has 2 atom stereocenters. The monoisotopic (exact) mass is 1110 g/mol. The van der Waals surface area contributed by atoms with Gasteiger partial charge in [-0.1, -0.05) is 133 Å². The summed E-state index contributed by atoms with van der Waals surface area (Å²) in [6, 6.07) is 26.2. The molecule has 2 aliphatic carbocycles. The summed E-state index contributed by atoms with van der Waals surface area (Å²) in [5.41, 5.74) is 4.84. The van der Waals surface area contributed by atoms with Crippen LogP contribution < -0.4 is 10.6 Å². The maximum Gasteiger partial charge on any atom is 0.314 e. The van der Waals surface area contributed by atoms with E-state index in [0.29, 0.717) is 57.9 Å². The Balaban J connectivity index is 0.000000170. The lowest BCUT2D eigenvalue weighted by Gasteiger charge is -2.42. The summed E-state index contributed by atoms with van der Waals surface area (Å²) >= 11 is 25.1. The van der Waals surface area contributed by atoms with E-state index in [4.69, 9.17) is 65.4 Å². The maximum atomic E-state index is 13.4. The summed E-state index contributed by atoms with van der Waals surface area (Å²) in [6.07, 6.45) is 12.5. The number of ether oxygens (including phenoxy) is 4. The lowest BCUT2D eigenvalue weighted by atomic mass is 9.82. The molecule has 4 aromatic carbocycles. The lowest BCUT2D eigenvalue weighted by Crippen LogP contribution is -2.59. The number of carbonyl (C=O) groups is 4. The van der Waals surface area contributed by atoms with E-state index in [1.807, 2.05) is 79.3 Å². The van der Waals surface area contributed by atoms with E-state index in [2.05, 4.69) is 17.2 Å². The molecule has 3 saturated heterocycles. The Morgan fingerprint density at radius 1 is 0.632 bits per heavy atom. The molecule has 402 valence electrons. The molecule has 17 heteroatoms. The molecule has 2 amide bonds. The Bertz CT molecular complexity index is 3090. The number of nitrogens with zero attached hydrogens (tertiary/aromatic N) is 2. The quantitative estimate of drug-likeness (QED) is 0.0713. The van der Waals surface area contributed by atoms with Crippen LogP contribution >= 0.6 is 46.4 Å². The van der Waals surface area contributed by atoms with Crippen LogP contribution in [0.1, 0.15) is 119 Å². The number of carboxylic acids is 1. The van der Waals surface area contributed by atoms with Gasteiger partial charge in [0.05, 0.1) is 58.4 Å². The first-order valence-corrected chi connectivity index (χ1v) is 27.6. The minimum Gasteiger partial charge on any atom is -0.481 e. The Morgan fingerprint density at radius 2 is 1.04 bits per heavy atom. The molecule has 0 radical (unpaired) electrons. The number of amides is 2. The highest BCUT2D eigenvalue weighted by Crippen LogP contribution is 2.42. The number of carboxylic acid groups (broad SMARTS) is 1. The zero-order valence-corrected chi connectivity index (χ0v) is 45.8. The molecule has 3 N–H and O–H groups in total. The number of carbonyl (C=O) groups excluding carboxylic acids is 3. The average Bonchev–Trinajstić information content (AvgIpc) is 4.31. The third-order valence-electron chi connectivity index (χ3n) is 15.9. The molecular weight excluding hydrogens is 1050 g/mol. The fraction of sp³-hybridized carbons (Fsp3) is 0.424. The fourth-order valence-corrected chi connectivity index (χ4v) is 12.2. The fourth-order valence-electron chi connectivity index (χ4n) is 11.5. The number of rotatable bonds is 14. The molecule has 6 aromatic rings. The van der Waals surface area contributed by atoms with Gasteiger partial charge in [0.15, 0.2) is 0 Å². The van der Waals surface area contributed by atoms with Crippen molar-refractivity contribution in [2.75, 3.05) is 46.2 Å². The van der Waals surface area contributed by atoms with E-state index >= 15 is 0 Å². The number of halogens is 4. The Hall–Kier alpha value is -5.38. The van der Waals surface area contributed by atoms with Crippen LogP contribution in [0.5, 0.6) is 0 Å². The van der Waals surface area contributed by atoms with Crippen molar-refractivity contribution in [2.45, 2.75) is 87.1 Å². The second kappa shape index (κ2) is 24.1. The Kier molecular flexibility index (Phi) is 17.6. The lowest BCUT2D eigenvalue weighted by molar-refractivity contribution is -0.145. The van der Waals surface area contributed by atoms with Crippen molar-refractivity contribution < 1.29 is 43.2 Å². The largest absolute Gasteiger partial charge is 0.481 e. The molecule has 76 heavy (non-hydrogen) atoms. The molecule has 2 unspecified atom stereocenters. The van der Waals surface area contributed by atoms with E-state index in [9.17, 15) is 24.3 Å². The van der Waals surface area contributed by atoms with Crippen LogP contribution in [0.25, 0.3) is 21.8 Å². The van der Waals surface area contributed by atoms with Gasteiger partial charge in [-0.05, 0) is 109 Å². The molecule has 13 nitrogen and oxygen atoms in total. The molecular formula is C59H64Cl4N4O9. The van der Waals surface area contributed by atoms with Gasteiger partial charge in [0.25, 0.3) is 11.8 Å². The predicted molar refractivity (Wildman–Crippen MR) is 297 cm³/mol. The number of fused-ring (bicyclic) bond motifs is 2. The predicted octanol–water partition coefficient (Wildman–Crippen LogP) is 12.4. The summed E-state index contributed by atoms with van der Waals surface area (Å²) in [5.74, 6) is -1.79. The number of esters is 1. The molecule has 0 bridgehead atoms. The van der Waals surface area contributed by atoms with E-state index in [-0.39, 0.29) is 42.1 Å². The highest BCUT2D eigenvalue weighted by Gasteiger charge is 2.44. The summed E-state index contributed by atoms with van der Waals surface area (Å²) in [5, 5.41) is 19.4. The van der Waals surface area contributed by atoms with Crippen molar-refractivity contribution in [3.8, 4) is 0 Å². The minimum atomic E-state index is -0.774. The van der Waals surface area contributed by atoms with Gasteiger partial charge < -0.3 is 43.8 Å². The number of hydrogen-bond donors (Lipinski definition) is 3. The van der Waals surface area contributed by atoms with Crippen molar-refractivity contribution in [1.29, 1.82) is 0 Å². The third kappa shape index (κ3) is 11.4. The standard InChI is InChI=1S/C29H30Cl2N2O4.C26H26Cl2N2O4.C4H8O/c1-3-14-37-28(35)25(18-6-4-5-7-18)19-8-10-20(11-9-19)29(16-36-17-29)32-27(34)24-15-21-23(33(24)2)13-12-22(30)26(21)31;1-30-20-11-10-19(27)23(28)18(20)12-21(30)24(31)29-26(13-34-14-26)17-8-6-16(7-9-17)22(25(32)33)15-4-2-3-5-15;1-2-4-5-3-1/h3,8-13,15,18,25H,1,4-7,14,16-17H2,2H3,(H,32,34);6-12,15,22H,2-5,13-14H2,1H3,(H,29,31)(H,32,33);1-4H2. The van der Waals surface area contributed by atoms with Crippen LogP contribution in [-0.2, 0) is 53.7 Å². The molecule has 5 aliphatic rings. The number of aliphatic carboxylic acids is 1. The molecule has 0 spiro atoms. The van der Waals surface area contributed by atoms with Crippen molar-refractivity contribution >= 4 is 92.0 Å². The second-order valence-electron chi connectivity index (χ2n) is 20.7. The zero-order valence-electron chi connectivity index (χ0n) is 42.8. The number of nitrogens with one attached hydrogen (secondary N) is 2. The highest BCUT2D eigenvalue weighted by atomic mass is 35.5. The second-order valence-corrected chi connectivity index (χ2v) is 22.3. The van der Waals surface area contributed by atoms with Crippen LogP contribution in [-0.4, -0.2) is 84.2 Å². The minimum absolute atomic E-state index is 0.177. The van der Waals surface area contributed by atoms with Crippen LogP contribution in [0.2, 0.25) is 20.1 Å². The number of aromatic nitrogens is 2. The van der Waals surface area contributed by atoms with Crippen LogP contribution in [0.15, 0.2) is 97.6 Å². The van der Waals surface area contributed by atoms with Gasteiger partial charge in [0, 0.05) is 49.1 Å². The van der Waals surface area contributed by atoms with Crippen LogP contribution in [0, 0.1) is 11.8 Å². The van der Waals surface area contributed by atoms with E-state index in [1.54, 1.807) is 34.9 Å². The van der Waals surface area contributed by atoms with Crippen molar-refractivity contribution in [1.82, 2.24) is 19.8 Å². The van der Waals surface area contributed by atoms with Crippen molar-refractivity contribution in [3.05, 3.63) is 151 Å². The van der Waals surface area contributed by atoms with Gasteiger partial charge >= 0.3 is 11.9 Å². The molecule has 3 aliphatic heterocycles. The average molecular weight is 1110 g/mol. The normalized spacial score (nSPS) is 18.6. The van der Waals surface area contributed by atoms with Gasteiger partial charge in [-0.15, -0.1) is 0 Å². The van der Waals surface area contributed by atoms with Crippen LogP contribution in [0.4, 0.5) is 0 Å². The van der Waals surface area contributed by atoms with Crippen molar-refractivity contribution in [3.63, 3.8) is 0 Å². The topological polar surface area (TPSA) is 159 Å². The Morgan fingerprint density at radius 3 is 1.39 bits per heavy atom. The SMILES string of the molecule is C1CCOC1.C=CCOC(=O)C(c1ccc(C2(NC(=O)c3cc4c(Cl)c(Cl)ccc4n3C)COC2)cc1)C1CCCC1.Cn1c(C(=O)NC2(c3ccc(C(C(=O)O)C4CCCC4)cc3)COC2)cc2c(Cl)c(Cl)ccc21. The third-order valence-corrected chi connectivity index (χ3v) is 17.5. The first-order chi connectivity index (χ1) is 36.6. The molecule has 2 aromatic heterocycles. The smallest absolute Gasteiger partial charge is 0.314 e. The first kappa shape index (κ1) is 55.4. The summed E-state index contributed by atoms with van der Waals surface area (Å²) in [4.78, 5) is 51.6. The van der Waals surface area contributed by atoms with Crippen LogP contribution in [0.3, 0.4) is 0 Å². The summed E-state index contributed by atoms with van der Waals surface area (Å²) in [6.45, 7) is 7.28. The van der Waals surface area contributed by atoms with Crippen molar-refractivity contribution in [2.24, 2.45) is 25.9 Å². The maximum absolute atomic E-state index is 13.4. The molecule has 5 fully saturated rings. The summed E-state index contributed by atoms with van der Waals surface area (Å²) < 4.78 is 25.0. The summed E-state index contributed by atoms with van der Waals surface area (Å²) in [7, 11) is 3.64. The van der Waals surface area contributed by atoms with Gasteiger partial charge in [-0.25, -0.2) is 0 Å². The number of benzene rings is 4. The van der Waals surface area contributed by atoms with E-state index in [0.717, 1.165) is 109 Å². The first-order valence-electron chi connectivity index (χ1n) is 26.1. The van der Waals surface area contributed by atoms with E-state index in [1.165, 1.54) is 12.8 Å². The molecule has 2 saturated carbocycles.